The Bertz CT molecular complexity index is 1440. The van der Waals surface area contributed by atoms with E-state index in [0.717, 1.165) is 4.90 Å². The Morgan fingerprint density at radius 1 is 0.972 bits per heavy atom. The number of para-hydroxylation sites is 1. The molecule has 1 N–H and O–H groups in total. The zero-order valence-corrected chi connectivity index (χ0v) is 20.5. The van der Waals surface area contributed by atoms with Gasteiger partial charge in [-0.25, -0.2) is 0 Å². The fourth-order valence-electron chi connectivity index (χ4n) is 3.25. The molecule has 0 saturated carbocycles. The summed E-state index contributed by atoms with van der Waals surface area (Å²) in [6.07, 6.45) is 1.42. The molecular formula is C25H20N2O7S2. The van der Waals surface area contributed by atoms with E-state index in [9.17, 15) is 22.8 Å². The Kier molecular flexibility index (Phi) is 7.41. The molecule has 184 valence electrons. The van der Waals surface area contributed by atoms with Crippen LogP contribution in [0.3, 0.4) is 0 Å². The number of ether oxygens (including phenoxy) is 1. The summed E-state index contributed by atoms with van der Waals surface area (Å²) in [6.45, 7) is -0.441. The molecule has 3 amide bonds. The van der Waals surface area contributed by atoms with Gasteiger partial charge in [0.25, 0.3) is 11.1 Å². The number of carbonyl (C=O) groups is 3. The number of thioether (sulfide) groups is 1. The Labute approximate surface area is 211 Å². The van der Waals surface area contributed by atoms with Crippen LogP contribution in [0.2, 0.25) is 0 Å². The first-order valence-electron chi connectivity index (χ1n) is 10.5. The van der Waals surface area contributed by atoms with Gasteiger partial charge in [-0.2, -0.15) is 8.42 Å². The van der Waals surface area contributed by atoms with Crippen molar-refractivity contribution in [2.75, 3.05) is 19.0 Å². The number of anilines is 1. The Balaban J connectivity index is 1.52. The highest BCUT2D eigenvalue weighted by molar-refractivity contribution is 8.18. The van der Waals surface area contributed by atoms with E-state index < -0.39 is 33.7 Å². The van der Waals surface area contributed by atoms with Gasteiger partial charge in [-0.3, -0.25) is 19.3 Å². The smallest absolute Gasteiger partial charge is 0.339 e. The molecule has 1 heterocycles. The zero-order valence-electron chi connectivity index (χ0n) is 18.9. The van der Waals surface area contributed by atoms with Crippen LogP contribution >= 0.6 is 11.8 Å². The lowest BCUT2D eigenvalue weighted by Crippen LogP contribution is -2.36. The van der Waals surface area contributed by atoms with E-state index in [0.29, 0.717) is 23.0 Å². The van der Waals surface area contributed by atoms with E-state index in [1.807, 2.05) is 0 Å². The van der Waals surface area contributed by atoms with Crippen LogP contribution in [0, 0.1) is 0 Å². The van der Waals surface area contributed by atoms with Gasteiger partial charge in [0.1, 0.15) is 11.4 Å². The molecule has 1 saturated heterocycles. The highest BCUT2D eigenvalue weighted by Gasteiger charge is 2.36. The van der Waals surface area contributed by atoms with E-state index >= 15 is 0 Å². The lowest BCUT2D eigenvalue weighted by molar-refractivity contribution is -0.127. The van der Waals surface area contributed by atoms with E-state index in [2.05, 4.69) is 5.32 Å². The molecule has 0 bridgehead atoms. The third kappa shape index (κ3) is 5.75. The third-order valence-corrected chi connectivity index (χ3v) is 7.11. The van der Waals surface area contributed by atoms with E-state index in [1.54, 1.807) is 54.6 Å². The van der Waals surface area contributed by atoms with Gasteiger partial charge in [0.15, 0.2) is 11.5 Å². The standard InChI is InChI=1S/C25H20N2O7S2/c1-33-20-13-12-17(14-21(20)34-36(31,32)19-10-6-3-7-11-19)15-22-24(29)27(25(30)35-22)16-23(28)26-18-8-4-2-5-9-18/h2-15H,16H2,1H3,(H,26,28)/b22-15-. The fourth-order valence-corrected chi connectivity index (χ4v) is 5.05. The number of hydrogen-bond acceptors (Lipinski definition) is 8. The van der Waals surface area contributed by atoms with Crippen LogP contribution in [-0.4, -0.2) is 44.0 Å². The van der Waals surface area contributed by atoms with Crippen LogP contribution in [0.15, 0.2) is 88.7 Å². The van der Waals surface area contributed by atoms with Crippen molar-refractivity contribution in [1.29, 1.82) is 0 Å². The zero-order chi connectivity index (χ0) is 25.7. The van der Waals surface area contributed by atoms with Gasteiger partial charge in [0.05, 0.1) is 12.0 Å². The molecule has 3 aromatic rings. The Morgan fingerprint density at radius 2 is 1.64 bits per heavy atom. The lowest BCUT2D eigenvalue weighted by atomic mass is 10.2. The first-order valence-corrected chi connectivity index (χ1v) is 12.8. The van der Waals surface area contributed by atoms with Gasteiger partial charge in [0, 0.05) is 5.69 Å². The van der Waals surface area contributed by atoms with Crippen LogP contribution in [-0.2, 0) is 19.7 Å². The van der Waals surface area contributed by atoms with Crippen molar-refractivity contribution in [1.82, 2.24) is 4.90 Å². The monoisotopic (exact) mass is 524 g/mol. The molecule has 11 heteroatoms. The summed E-state index contributed by atoms with van der Waals surface area (Å²) in [5, 5.41) is 2.04. The van der Waals surface area contributed by atoms with Gasteiger partial charge >= 0.3 is 10.1 Å². The minimum absolute atomic E-state index is 0.0349. The number of nitrogens with zero attached hydrogens (tertiary/aromatic N) is 1. The van der Waals surface area contributed by atoms with E-state index in [-0.39, 0.29) is 21.3 Å². The third-order valence-electron chi connectivity index (χ3n) is 4.95. The average molecular weight is 525 g/mol. The Morgan fingerprint density at radius 3 is 2.31 bits per heavy atom. The number of amides is 3. The topological polar surface area (TPSA) is 119 Å². The second-order valence-electron chi connectivity index (χ2n) is 7.44. The van der Waals surface area contributed by atoms with Gasteiger partial charge in [-0.1, -0.05) is 42.5 Å². The molecule has 0 spiro atoms. The second-order valence-corrected chi connectivity index (χ2v) is 9.98. The fraction of sp³-hybridized carbons (Fsp3) is 0.0800. The molecule has 1 aliphatic rings. The lowest BCUT2D eigenvalue weighted by Gasteiger charge is -2.12. The predicted octanol–water partition coefficient (Wildman–Crippen LogP) is 4.14. The molecule has 0 unspecified atom stereocenters. The van der Waals surface area contributed by atoms with Crippen LogP contribution in [0.5, 0.6) is 11.5 Å². The first-order chi connectivity index (χ1) is 17.3. The summed E-state index contributed by atoms with van der Waals surface area (Å²) in [4.78, 5) is 38.4. The van der Waals surface area contributed by atoms with Crippen molar-refractivity contribution in [2.24, 2.45) is 0 Å². The summed E-state index contributed by atoms with van der Waals surface area (Å²) in [5.74, 6) is -1.08. The molecule has 0 aromatic heterocycles. The number of imide groups is 1. The van der Waals surface area contributed by atoms with Crippen LogP contribution in [0.25, 0.3) is 6.08 Å². The summed E-state index contributed by atoms with van der Waals surface area (Å²) < 4.78 is 35.8. The number of benzene rings is 3. The van der Waals surface area contributed by atoms with Gasteiger partial charge in [-0.05, 0) is 59.8 Å². The number of rotatable bonds is 8. The molecule has 1 aliphatic heterocycles. The predicted molar refractivity (Wildman–Crippen MR) is 135 cm³/mol. The van der Waals surface area contributed by atoms with Gasteiger partial charge < -0.3 is 14.2 Å². The van der Waals surface area contributed by atoms with Crippen molar-refractivity contribution in [3.8, 4) is 11.5 Å². The number of nitrogens with one attached hydrogen (secondary N) is 1. The number of carbonyl (C=O) groups excluding carboxylic acids is 3. The summed E-state index contributed by atoms with van der Waals surface area (Å²) in [6, 6.07) is 20.7. The van der Waals surface area contributed by atoms with Crippen LogP contribution < -0.4 is 14.2 Å². The van der Waals surface area contributed by atoms with E-state index in [4.69, 9.17) is 8.92 Å². The molecule has 0 radical (unpaired) electrons. The second kappa shape index (κ2) is 10.7. The minimum Gasteiger partial charge on any atom is -0.493 e. The van der Waals surface area contributed by atoms with Gasteiger partial charge in [0.2, 0.25) is 5.91 Å². The molecule has 0 aliphatic carbocycles. The normalized spacial score (nSPS) is 14.7. The van der Waals surface area contributed by atoms with E-state index in [1.165, 1.54) is 37.5 Å². The van der Waals surface area contributed by atoms with Gasteiger partial charge in [-0.15, -0.1) is 0 Å². The molecule has 9 nitrogen and oxygen atoms in total. The summed E-state index contributed by atoms with van der Waals surface area (Å²) >= 11 is 0.679. The summed E-state index contributed by atoms with van der Waals surface area (Å²) in [7, 11) is -2.77. The summed E-state index contributed by atoms with van der Waals surface area (Å²) in [5.41, 5.74) is 0.939. The average Bonchev–Trinajstić information content (AvgIpc) is 3.12. The number of hydrogen-bond donors (Lipinski definition) is 1. The quantitative estimate of drug-likeness (QED) is 0.345. The first kappa shape index (κ1) is 25.0. The van der Waals surface area contributed by atoms with Crippen LogP contribution in [0.1, 0.15) is 5.56 Å². The highest BCUT2D eigenvalue weighted by Crippen LogP contribution is 2.35. The molecule has 36 heavy (non-hydrogen) atoms. The maximum atomic E-state index is 12.8. The van der Waals surface area contributed by atoms with Crippen molar-refractivity contribution in [3.05, 3.63) is 89.3 Å². The molecule has 4 rings (SSSR count). The SMILES string of the molecule is COc1ccc(/C=C2\SC(=O)N(CC(=O)Nc3ccccc3)C2=O)cc1OS(=O)(=O)c1ccccc1. The maximum Gasteiger partial charge on any atom is 0.339 e. The minimum atomic E-state index is -4.14. The highest BCUT2D eigenvalue weighted by atomic mass is 32.2. The maximum absolute atomic E-state index is 12.8. The van der Waals surface area contributed by atoms with Crippen molar-refractivity contribution in [3.63, 3.8) is 0 Å². The molecular weight excluding hydrogens is 504 g/mol. The van der Waals surface area contributed by atoms with Crippen molar-refractivity contribution >= 4 is 50.7 Å². The molecule has 0 atom stereocenters. The number of methoxy groups -OCH3 is 1. The Hall–Kier alpha value is -4.09. The van der Waals surface area contributed by atoms with Crippen molar-refractivity contribution < 1.29 is 31.7 Å². The largest absolute Gasteiger partial charge is 0.493 e. The van der Waals surface area contributed by atoms with Crippen molar-refractivity contribution in [2.45, 2.75) is 4.90 Å². The molecule has 1 fully saturated rings. The molecule has 3 aromatic carbocycles. The van der Waals surface area contributed by atoms with Crippen LogP contribution in [0.4, 0.5) is 10.5 Å².